The molecule has 0 saturated carbocycles. The van der Waals surface area contributed by atoms with Crippen LogP contribution in [0.5, 0.6) is 0 Å². The quantitative estimate of drug-likeness (QED) is 0.778. The van der Waals surface area contributed by atoms with Gasteiger partial charge in [0, 0.05) is 23.4 Å². The van der Waals surface area contributed by atoms with Gasteiger partial charge in [-0.1, -0.05) is 12.1 Å². The smallest absolute Gasteiger partial charge is 0.220 e. The number of anilines is 1. The molecule has 1 aromatic carbocycles. The first kappa shape index (κ1) is 14.9. The molecule has 1 amide bonds. The molecule has 3 N–H and O–H groups in total. The van der Waals surface area contributed by atoms with Gasteiger partial charge < -0.3 is 11.1 Å². The van der Waals surface area contributed by atoms with Crippen LogP contribution in [-0.2, 0) is 11.2 Å². The van der Waals surface area contributed by atoms with Gasteiger partial charge in [-0.2, -0.15) is 11.8 Å². The minimum absolute atomic E-state index is 0.0941. The van der Waals surface area contributed by atoms with Crippen molar-refractivity contribution < 1.29 is 4.79 Å². The molecule has 0 radical (unpaired) electrons. The van der Waals surface area contributed by atoms with Crippen LogP contribution in [0, 0.1) is 0 Å². The van der Waals surface area contributed by atoms with E-state index in [0.717, 1.165) is 17.7 Å². The summed E-state index contributed by atoms with van der Waals surface area (Å²) in [4.78, 5) is 11.7. The monoisotopic (exact) mass is 266 g/mol. The van der Waals surface area contributed by atoms with E-state index in [9.17, 15) is 4.79 Å². The van der Waals surface area contributed by atoms with E-state index in [2.05, 4.69) is 25.4 Å². The average Bonchev–Trinajstić information content (AvgIpc) is 2.36. The van der Waals surface area contributed by atoms with Crippen molar-refractivity contribution in [3.63, 3.8) is 0 Å². The minimum Gasteiger partial charge on any atom is -0.399 e. The largest absolute Gasteiger partial charge is 0.399 e. The predicted molar refractivity (Wildman–Crippen MR) is 79.8 cm³/mol. The molecule has 0 unspecified atom stereocenters. The van der Waals surface area contributed by atoms with Crippen molar-refractivity contribution in [2.45, 2.75) is 31.4 Å². The highest BCUT2D eigenvalue weighted by atomic mass is 32.2. The Balaban J connectivity index is 2.31. The Morgan fingerprint density at radius 1 is 1.33 bits per heavy atom. The molecule has 0 aliphatic carbocycles. The number of hydrogen-bond acceptors (Lipinski definition) is 3. The fourth-order valence-electron chi connectivity index (χ4n) is 1.41. The van der Waals surface area contributed by atoms with Crippen molar-refractivity contribution in [2.24, 2.45) is 0 Å². The topological polar surface area (TPSA) is 55.1 Å². The fourth-order valence-corrected chi connectivity index (χ4v) is 1.63. The Bertz CT molecular complexity index is 387. The number of nitrogen functional groups attached to an aromatic ring is 1. The van der Waals surface area contributed by atoms with Gasteiger partial charge in [0.1, 0.15) is 0 Å². The second-order valence-corrected chi connectivity index (χ2v) is 6.50. The summed E-state index contributed by atoms with van der Waals surface area (Å²) in [7, 11) is 0. The van der Waals surface area contributed by atoms with Crippen molar-refractivity contribution in [2.75, 3.05) is 18.5 Å². The van der Waals surface area contributed by atoms with Crippen LogP contribution in [0.4, 0.5) is 5.69 Å². The average molecular weight is 266 g/mol. The lowest BCUT2D eigenvalue weighted by Crippen LogP contribution is -2.36. The normalized spacial score (nSPS) is 11.3. The molecule has 3 nitrogen and oxygen atoms in total. The van der Waals surface area contributed by atoms with Gasteiger partial charge in [0.25, 0.3) is 0 Å². The number of nitrogens with two attached hydrogens (primary N) is 1. The lowest BCUT2D eigenvalue weighted by molar-refractivity contribution is -0.121. The van der Waals surface area contributed by atoms with E-state index < -0.39 is 0 Å². The number of thioether (sulfide) groups is 1. The van der Waals surface area contributed by atoms with Crippen molar-refractivity contribution in [1.29, 1.82) is 0 Å². The molecular formula is C14H22N2OS. The maximum Gasteiger partial charge on any atom is 0.220 e. The molecule has 0 aliphatic rings. The Kier molecular flexibility index (Phi) is 5.54. The van der Waals surface area contributed by atoms with Crippen LogP contribution in [0.25, 0.3) is 0 Å². The molecule has 1 aromatic rings. The molecule has 0 aromatic heterocycles. The standard InChI is InChI=1S/C14H22N2OS/c1-14(2,18-3)10-16-13(17)9-6-11-4-7-12(15)8-5-11/h4-5,7-8H,6,9-10,15H2,1-3H3,(H,16,17). The number of aryl methyl sites for hydroxylation is 1. The van der Waals surface area contributed by atoms with Crippen LogP contribution in [0.1, 0.15) is 25.8 Å². The molecule has 0 bridgehead atoms. The predicted octanol–water partition coefficient (Wildman–Crippen LogP) is 2.46. The highest BCUT2D eigenvalue weighted by Crippen LogP contribution is 2.19. The van der Waals surface area contributed by atoms with Crippen LogP contribution in [0.15, 0.2) is 24.3 Å². The summed E-state index contributed by atoms with van der Waals surface area (Å²) in [5.41, 5.74) is 7.51. The van der Waals surface area contributed by atoms with E-state index in [1.54, 1.807) is 11.8 Å². The molecular weight excluding hydrogens is 244 g/mol. The molecule has 0 saturated heterocycles. The van der Waals surface area contributed by atoms with Crippen LogP contribution in [-0.4, -0.2) is 23.5 Å². The van der Waals surface area contributed by atoms with Gasteiger partial charge >= 0.3 is 0 Å². The zero-order chi connectivity index (χ0) is 13.6. The van der Waals surface area contributed by atoms with Gasteiger partial charge in [-0.05, 0) is 44.2 Å². The molecule has 0 atom stereocenters. The number of nitrogens with one attached hydrogen (secondary N) is 1. The van der Waals surface area contributed by atoms with Gasteiger partial charge in [0.2, 0.25) is 5.91 Å². The zero-order valence-corrected chi connectivity index (χ0v) is 12.1. The number of carbonyl (C=O) groups excluding carboxylic acids is 1. The highest BCUT2D eigenvalue weighted by Gasteiger charge is 2.16. The first-order valence-electron chi connectivity index (χ1n) is 6.09. The second kappa shape index (κ2) is 6.69. The number of rotatable bonds is 6. The van der Waals surface area contributed by atoms with Gasteiger partial charge in [-0.25, -0.2) is 0 Å². The number of amides is 1. The molecule has 0 spiro atoms. The van der Waals surface area contributed by atoms with Crippen molar-refractivity contribution in [3.05, 3.63) is 29.8 Å². The van der Waals surface area contributed by atoms with E-state index >= 15 is 0 Å². The molecule has 0 heterocycles. The maximum atomic E-state index is 11.7. The van der Waals surface area contributed by atoms with Crippen LogP contribution < -0.4 is 11.1 Å². The summed E-state index contributed by atoms with van der Waals surface area (Å²) >= 11 is 1.76. The van der Waals surface area contributed by atoms with Gasteiger partial charge in [-0.3, -0.25) is 4.79 Å². The summed E-state index contributed by atoms with van der Waals surface area (Å²) in [5.74, 6) is 0.106. The number of hydrogen-bond donors (Lipinski definition) is 2. The summed E-state index contributed by atoms with van der Waals surface area (Å²) in [6, 6.07) is 7.66. The van der Waals surface area contributed by atoms with E-state index in [-0.39, 0.29) is 10.7 Å². The summed E-state index contributed by atoms with van der Waals surface area (Å²) < 4.78 is 0.0941. The van der Waals surface area contributed by atoms with Crippen molar-refractivity contribution in [1.82, 2.24) is 5.32 Å². The summed E-state index contributed by atoms with van der Waals surface area (Å²) in [6.45, 7) is 4.95. The lowest BCUT2D eigenvalue weighted by Gasteiger charge is -2.22. The lowest BCUT2D eigenvalue weighted by atomic mass is 10.1. The third kappa shape index (κ3) is 5.45. The summed E-state index contributed by atoms with van der Waals surface area (Å²) in [5, 5.41) is 2.97. The molecule has 100 valence electrons. The van der Waals surface area contributed by atoms with Crippen molar-refractivity contribution >= 4 is 23.4 Å². The van der Waals surface area contributed by atoms with Gasteiger partial charge in [0.15, 0.2) is 0 Å². The van der Waals surface area contributed by atoms with Crippen LogP contribution in [0.2, 0.25) is 0 Å². The Morgan fingerprint density at radius 3 is 2.50 bits per heavy atom. The Hall–Kier alpha value is -1.16. The Morgan fingerprint density at radius 2 is 1.94 bits per heavy atom. The Labute approximate surface area is 114 Å². The third-order valence-electron chi connectivity index (χ3n) is 2.88. The van der Waals surface area contributed by atoms with E-state index in [4.69, 9.17) is 5.73 Å². The first-order valence-corrected chi connectivity index (χ1v) is 7.32. The minimum atomic E-state index is 0.0941. The zero-order valence-electron chi connectivity index (χ0n) is 11.3. The molecule has 1 rings (SSSR count). The van der Waals surface area contributed by atoms with Gasteiger partial charge in [-0.15, -0.1) is 0 Å². The SMILES string of the molecule is CSC(C)(C)CNC(=O)CCc1ccc(N)cc1. The number of carbonyl (C=O) groups is 1. The molecule has 0 fully saturated rings. The van der Waals surface area contributed by atoms with E-state index in [0.29, 0.717) is 13.0 Å². The molecule has 4 heteroatoms. The highest BCUT2D eigenvalue weighted by molar-refractivity contribution is 7.99. The van der Waals surface area contributed by atoms with E-state index in [1.165, 1.54) is 0 Å². The molecule has 0 aliphatic heterocycles. The third-order valence-corrected chi connectivity index (χ3v) is 4.13. The van der Waals surface area contributed by atoms with E-state index in [1.807, 2.05) is 24.3 Å². The van der Waals surface area contributed by atoms with Crippen LogP contribution in [0.3, 0.4) is 0 Å². The maximum absolute atomic E-state index is 11.7. The summed E-state index contributed by atoms with van der Waals surface area (Å²) in [6.07, 6.45) is 3.33. The second-order valence-electron chi connectivity index (χ2n) is 4.98. The number of benzene rings is 1. The van der Waals surface area contributed by atoms with Gasteiger partial charge in [0.05, 0.1) is 0 Å². The fraction of sp³-hybridized carbons (Fsp3) is 0.500. The first-order chi connectivity index (χ1) is 8.43. The molecule has 18 heavy (non-hydrogen) atoms. The van der Waals surface area contributed by atoms with Crippen LogP contribution >= 0.6 is 11.8 Å². The van der Waals surface area contributed by atoms with Crippen molar-refractivity contribution in [3.8, 4) is 0 Å².